The number of amides is 1. The van der Waals surface area contributed by atoms with Crippen LogP contribution in [-0.2, 0) is 17.8 Å². The fourth-order valence-electron chi connectivity index (χ4n) is 3.86. The van der Waals surface area contributed by atoms with Gasteiger partial charge in [0.25, 0.3) is 5.91 Å². The van der Waals surface area contributed by atoms with E-state index in [1.165, 1.54) is 6.42 Å². The molecule has 0 bridgehead atoms. The number of aromatic nitrogens is 2. The lowest BCUT2D eigenvalue weighted by atomic mass is 10.1. The maximum absolute atomic E-state index is 13.0. The lowest BCUT2D eigenvalue weighted by Crippen LogP contribution is -2.51. The maximum atomic E-state index is 13.0. The van der Waals surface area contributed by atoms with Crippen molar-refractivity contribution < 1.29 is 14.1 Å². The standard InChI is InChI=1S/C21H28N4O3/c1-2-3-11-19-22-20(28-23-19)15-25-14-18(21(26)24-12-7-4-8-13-24)27-17-10-6-5-9-16(17)25/h5-6,9-10,18H,2-4,7-8,11-15H2,1H3. The highest BCUT2D eigenvalue weighted by Gasteiger charge is 2.34. The first kappa shape index (κ1) is 18.8. The average molecular weight is 384 g/mol. The third-order valence-electron chi connectivity index (χ3n) is 5.39. The molecule has 1 unspecified atom stereocenters. The second-order valence-corrected chi connectivity index (χ2v) is 7.55. The number of benzene rings is 1. The Hall–Kier alpha value is -2.57. The lowest BCUT2D eigenvalue weighted by molar-refractivity contribution is -0.139. The van der Waals surface area contributed by atoms with Crippen LogP contribution in [0.2, 0.25) is 0 Å². The van der Waals surface area contributed by atoms with E-state index in [0.29, 0.717) is 19.0 Å². The molecule has 1 amide bonds. The second kappa shape index (κ2) is 8.63. The van der Waals surface area contributed by atoms with Crippen LogP contribution in [0.3, 0.4) is 0 Å². The Morgan fingerprint density at radius 2 is 2.04 bits per heavy atom. The molecule has 2 aromatic rings. The first-order valence-corrected chi connectivity index (χ1v) is 10.4. The fourth-order valence-corrected chi connectivity index (χ4v) is 3.86. The van der Waals surface area contributed by atoms with E-state index in [1.807, 2.05) is 29.2 Å². The van der Waals surface area contributed by atoms with Gasteiger partial charge in [-0.3, -0.25) is 4.79 Å². The minimum absolute atomic E-state index is 0.0772. The first-order valence-electron chi connectivity index (χ1n) is 10.4. The summed E-state index contributed by atoms with van der Waals surface area (Å²) in [6, 6.07) is 7.83. The van der Waals surface area contributed by atoms with Gasteiger partial charge in [-0.25, -0.2) is 0 Å². The highest BCUT2D eigenvalue weighted by atomic mass is 16.5. The SMILES string of the molecule is CCCCc1noc(CN2CC(C(=O)N3CCCCC3)Oc3ccccc32)n1. The van der Waals surface area contributed by atoms with Crippen molar-refractivity contribution in [3.8, 4) is 5.75 Å². The molecule has 1 aromatic carbocycles. The molecular weight excluding hydrogens is 356 g/mol. The second-order valence-electron chi connectivity index (χ2n) is 7.55. The summed E-state index contributed by atoms with van der Waals surface area (Å²) in [6.07, 6.45) is 5.81. The number of para-hydroxylation sites is 2. The number of unbranched alkanes of at least 4 members (excludes halogenated alkanes) is 1. The molecule has 4 rings (SSSR count). The molecule has 1 saturated heterocycles. The summed E-state index contributed by atoms with van der Waals surface area (Å²) in [4.78, 5) is 21.6. The number of likely N-dealkylation sites (tertiary alicyclic amines) is 1. The largest absolute Gasteiger partial charge is 0.477 e. The van der Waals surface area contributed by atoms with Gasteiger partial charge in [-0.15, -0.1) is 0 Å². The van der Waals surface area contributed by atoms with Crippen LogP contribution in [0.4, 0.5) is 5.69 Å². The minimum atomic E-state index is -0.504. The predicted octanol–water partition coefficient (Wildman–Crippen LogP) is 3.19. The zero-order valence-electron chi connectivity index (χ0n) is 16.5. The summed E-state index contributed by atoms with van der Waals surface area (Å²) < 4.78 is 11.5. The number of hydrogen-bond donors (Lipinski definition) is 0. The molecular formula is C21H28N4O3. The number of nitrogens with zero attached hydrogens (tertiary/aromatic N) is 4. The molecule has 0 N–H and O–H groups in total. The summed E-state index contributed by atoms with van der Waals surface area (Å²) in [7, 11) is 0. The number of fused-ring (bicyclic) bond motifs is 1. The summed E-state index contributed by atoms with van der Waals surface area (Å²) in [5.74, 6) is 2.13. The molecule has 150 valence electrons. The van der Waals surface area contributed by atoms with Gasteiger partial charge in [0, 0.05) is 19.5 Å². The van der Waals surface area contributed by atoms with Gasteiger partial charge < -0.3 is 19.1 Å². The third kappa shape index (κ3) is 4.13. The molecule has 3 heterocycles. The van der Waals surface area contributed by atoms with E-state index in [9.17, 15) is 4.79 Å². The lowest BCUT2D eigenvalue weighted by Gasteiger charge is -2.37. The number of carbonyl (C=O) groups is 1. The molecule has 7 nitrogen and oxygen atoms in total. The van der Waals surface area contributed by atoms with Crippen LogP contribution in [0.15, 0.2) is 28.8 Å². The Morgan fingerprint density at radius 3 is 2.86 bits per heavy atom. The Labute approximate surface area is 165 Å². The van der Waals surface area contributed by atoms with Gasteiger partial charge in [-0.2, -0.15) is 4.98 Å². The number of aryl methyl sites for hydroxylation is 1. The van der Waals surface area contributed by atoms with Crippen LogP contribution in [0.5, 0.6) is 5.75 Å². The number of piperidine rings is 1. The zero-order chi connectivity index (χ0) is 19.3. The van der Waals surface area contributed by atoms with Gasteiger partial charge in [0.1, 0.15) is 5.75 Å². The predicted molar refractivity (Wildman–Crippen MR) is 105 cm³/mol. The van der Waals surface area contributed by atoms with Gasteiger partial charge in [0.05, 0.1) is 18.8 Å². The molecule has 28 heavy (non-hydrogen) atoms. The van der Waals surface area contributed by atoms with Gasteiger partial charge in [0.2, 0.25) is 5.89 Å². The quantitative estimate of drug-likeness (QED) is 0.762. The summed E-state index contributed by atoms with van der Waals surface area (Å²) in [5.41, 5.74) is 0.957. The molecule has 2 aliphatic heterocycles. The molecule has 1 aromatic heterocycles. The summed E-state index contributed by atoms with van der Waals surface area (Å²) >= 11 is 0. The molecule has 1 atom stereocenters. The van der Waals surface area contributed by atoms with Crippen LogP contribution in [0, 0.1) is 0 Å². The number of hydrogen-bond acceptors (Lipinski definition) is 6. The highest BCUT2D eigenvalue weighted by Crippen LogP contribution is 2.34. The molecule has 0 aliphatic carbocycles. The smallest absolute Gasteiger partial charge is 0.265 e. The normalized spacial score (nSPS) is 19.2. The van der Waals surface area contributed by atoms with E-state index in [2.05, 4.69) is 22.0 Å². The molecule has 2 aliphatic rings. The van der Waals surface area contributed by atoms with Crippen molar-refractivity contribution in [2.75, 3.05) is 24.5 Å². The van der Waals surface area contributed by atoms with Crippen molar-refractivity contribution in [2.45, 2.75) is 58.1 Å². The van der Waals surface area contributed by atoms with E-state index >= 15 is 0 Å². The molecule has 0 saturated carbocycles. The van der Waals surface area contributed by atoms with E-state index in [0.717, 1.165) is 62.5 Å². The molecule has 0 radical (unpaired) electrons. The van der Waals surface area contributed by atoms with Crippen molar-refractivity contribution in [2.24, 2.45) is 0 Å². The first-order chi connectivity index (χ1) is 13.7. The summed E-state index contributed by atoms with van der Waals surface area (Å²) in [6.45, 7) is 4.75. The van der Waals surface area contributed by atoms with Crippen molar-refractivity contribution >= 4 is 11.6 Å². The van der Waals surface area contributed by atoms with E-state index < -0.39 is 6.10 Å². The maximum Gasteiger partial charge on any atom is 0.265 e. The van der Waals surface area contributed by atoms with Gasteiger partial charge >= 0.3 is 0 Å². The van der Waals surface area contributed by atoms with Crippen LogP contribution in [-0.4, -0.2) is 46.7 Å². The summed E-state index contributed by atoms with van der Waals surface area (Å²) in [5, 5.41) is 4.08. The Bertz CT molecular complexity index is 800. The van der Waals surface area contributed by atoms with Gasteiger partial charge in [-0.1, -0.05) is 30.6 Å². The molecule has 1 fully saturated rings. The molecule has 7 heteroatoms. The van der Waals surface area contributed by atoms with Gasteiger partial charge in [0.15, 0.2) is 11.9 Å². The van der Waals surface area contributed by atoms with Crippen molar-refractivity contribution in [3.05, 3.63) is 36.0 Å². The van der Waals surface area contributed by atoms with Crippen LogP contribution < -0.4 is 9.64 Å². The van der Waals surface area contributed by atoms with Crippen LogP contribution in [0.25, 0.3) is 0 Å². The Balaban J connectivity index is 1.50. The Kier molecular flexibility index (Phi) is 5.78. The number of carbonyl (C=O) groups excluding carboxylic acids is 1. The van der Waals surface area contributed by atoms with E-state index in [4.69, 9.17) is 9.26 Å². The monoisotopic (exact) mass is 384 g/mol. The average Bonchev–Trinajstić information content (AvgIpc) is 3.19. The number of ether oxygens (including phenoxy) is 1. The van der Waals surface area contributed by atoms with E-state index in [-0.39, 0.29) is 5.91 Å². The topological polar surface area (TPSA) is 71.7 Å². The van der Waals surface area contributed by atoms with Crippen molar-refractivity contribution in [3.63, 3.8) is 0 Å². The minimum Gasteiger partial charge on any atom is -0.477 e. The third-order valence-corrected chi connectivity index (χ3v) is 5.39. The fraction of sp³-hybridized carbons (Fsp3) is 0.571. The highest BCUT2D eigenvalue weighted by molar-refractivity contribution is 5.83. The van der Waals surface area contributed by atoms with Crippen LogP contribution in [0.1, 0.15) is 50.7 Å². The number of rotatable bonds is 6. The van der Waals surface area contributed by atoms with E-state index in [1.54, 1.807) is 0 Å². The zero-order valence-corrected chi connectivity index (χ0v) is 16.5. The van der Waals surface area contributed by atoms with Gasteiger partial charge in [-0.05, 0) is 37.8 Å². The molecule has 0 spiro atoms. The number of anilines is 1. The van der Waals surface area contributed by atoms with Crippen molar-refractivity contribution in [1.29, 1.82) is 0 Å². The van der Waals surface area contributed by atoms with Crippen molar-refractivity contribution in [1.82, 2.24) is 15.0 Å². The van der Waals surface area contributed by atoms with Crippen LogP contribution >= 0.6 is 0 Å². The Morgan fingerprint density at radius 1 is 1.21 bits per heavy atom.